The van der Waals surface area contributed by atoms with Crippen LogP contribution in [0.2, 0.25) is 5.02 Å². The summed E-state index contributed by atoms with van der Waals surface area (Å²) < 4.78 is 46.4. The Morgan fingerprint density at radius 1 is 1.16 bits per heavy atom. The van der Waals surface area contributed by atoms with Gasteiger partial charge in [-0.25, -0.2) is 14.5 Å². The van der Waals surface area contributed by atoms with Crippen molar-refractivity contribution in [3.63, 3.8) is 0 Å². The lowest BCUT2D eigenvalue weighted by Gasteiger charge is -2.10. The van der Waals surface area contributed by atoms with E-state index >= 15 is 0 Å². The number of rotatable bonds is 5. The molecule has 0 atom stereocenters. The first kappa shape index (κ1) is 21.6. The van der Waals surface area contributed by atoms with E-state index in [-0.39, 0.29) is 22.9 Å². The van der Waals surface area contributed by atoms with E-state index in [4.69, 9.17) is 16.3 Å². The molecule has 0 aliphatic rings. The zero-order valence-electron chi connectivity index (χ0n) is 16.7. The minimum absolute atomic E-state index is 0.00410. The van der Waals surface area contributed by atoms with Gasteiger partial charge in [-0.15, -0.1) is 0 Å². The Morgan fingerprint density at radius 3 is 2.50 bits per heavy atom. The highest BCUT2D eigenvalue weighted by molar-refractivity contribution is 6.32. The molecule has 32 heavy (non-hydrogen) atoms. The van der Waals surface area contributed by atoms with Gasteiger partial charge in [0.25, 0.3) is 0 Å². The number of ether oxygens (including phenoxy) is 1. The van der Waals surface area contributed by atoms with E-state index < -0.39 is 17.8 Å². The molecule has 0 amide bonds. The molecule has 0 bridgehead atoms. The van der Waals surface area contributed by atoms with Crippen LogP contribution in [0.3, 0.4) is 0 Å². The average molecular weight is 461 g/mol. The number of aryl methyl sites for hydroxylation is 1. The van der Waals surface area contributed by atoms with E-state index in [1.54, 1.807) is 24.3 Å². The van der Waals surface area contributed by atoms with Crippen LogP contribution in [0.25, 0.3) is 16.9 Å². The Morgan fingerprint density at radius 2 is 1.88 bits per heavy atom. The highest BCUT2D eigenvalue weighted by Crippen LogP contribution is 2.34. The van der Waals surface area contributed by atoms with Crippen molar-refractivity contribution in [2.75, 3.05) is 0 Å². The van der Waals surface area contributed by atoms with E-state index in [9.17, 15) is 18.0 Å². The topological polar surface area (TPSA) is 72.8 Å². The molecule has 0 aliphatic heterocycles. The molecule has 4 aromatic rings. The van der Waals surface area contributed by atoms with Crippen LogP contribution in [0.15, 0.2) is 60.9 Å². The van der Waals surface area contributed by atoms with Crippen molar-refractivity contribution in [1.29, 1.82) is 0 Å². The zero-order valence-corrected chi connectivity index (χ0v) is 17.4. The van der Waals surface area contributed by atoms with Crippen LogP contribution in [0, 0.1) is 6.92 Å². The average Bonchev–Trinajstić information content (AvgIpc) is 3.39. The van der Waals surface area contributed by atoms with Crippen molar-refractivity contribution in [2.24, 2.45) is 0 Å². The number of nitrogens with zero attached hydrogens (tertiary/aromatic N) is 3. The third-order valence-electron chi connectivity index (χ3n) is 4.77. The van der Waals surface area contributed by atoms with Crippen LogP contribution < -0.4 is 0 Å². The second-order valence-electron chi connectivity index (χ2n) is 6.90. The number of carbonyl (C=O) groups is 1. The Hall–Kier alpha value is -3.59. The van der Waals surface area contributed by atoms with Gasteiger partial charge < -0.3 is 9.72 Å². The van der Waals surface area contributed by atoms with E-state index in [1.165, 1.54) is 30.6 Å². The number of H-pyrrole nitrogens is 1. The number of benzene rings is 2. The predicted octanol–water partition coefficient (Wildman–Crippen LogP) is 5.60. The molecule has 0 saturated carbocycles. The fraction of sp³-hybridized carbons (Fsp3) is 0.136. The number of carbonyl (C=O) groups excluding carboxylic acids is 1. The predicted molar refractivity (Wildman–Crippen MR) is 111 cm³/mol. The van der Waals surface area contributed by atoms with Crippen molar-refractivity contribution in [1.82, 2.24) is 19.7 Å². The number of hydrogen-bond donors (Lipinski definition) is 1. The molecular weight excluding hydrogens is 445 g/mol. The number of hydrogen-bond acceptors (Lipinski definition) is 4. The number of aromatic amines is 1. The molecule has 0 aliphatic carbocycles. The smallest absolute Gasteiger partial charge is 0.435 e. The monoisotopic (exact) mass is 460 g/mol. The quantitative estimate of drug-likeness (QED) is 0.393. The summed E-state index contributed by atoms with van der Waals surface area (Å²) in [5.41, 5.74) is 1.51. The fourth-order valence-electron chi connectivity index (χ4n) is 3.06. The number of para-hydroxylation sites is 1. The van der Waals surface area contributed by atoms with Crippen LogP contribution in [0.4, 0.5) is 13.2 Å². The van der Waals surface area contributed by atoms with Gasteiger partial charge in [0.05, 0.1) is 34.0 Å². The van der Waals surface area contributed by atoms with E-state index in [0.29, 0.717) is 16.9 Å². The molecule has 0 unspecified atom stereocenters. The second-order valence-corrected chi connectivity index (χ2v) is 7.31. The number of halogens is 4. The van der Waals surface area contributed by atoms with Crippen molar-refractivity contribution in [2.45, 2.75) is 19.7 Å². The first-order valence-electron chi connectivity index (χ1n) is 9.42. The number of esters is 1. The van der Waals surface area contributed by atoms with Crippen molar-refractivity contribution in [3.05, 3.63) is 88.6 Å². The molecule has 10 heteroatoms. The number of aromatic nitrogens is 4. The van der Waals surface area contributed by atoms with E-state index in [0.717, 1.165) is 16.4 Å². The van der Waals surface area contributed by atoms with Crippen molar-refractivity contribution >= 4 is 17.6 Å². The van der Waals surface area contributed by atoms with Gasteiger partial charge in [0.1, 0.15) is 6.61 Å². The molecule has 0 saturated heterocycles. The van der Waals surface area contributed by atoms with E-state index in [2.05, 4.69) is 15.1 Å². The Kier molecular flexibility index (Phi) is 5.75. The zero-order chi connectivity index (χ0) is 22.9. The van der Waals surface area contributed by atoms with Gasteiger partial charge >= 0.3 is 12.1 Å². The molecule has 2 heterocycles. The Bertz CT molecular complexity index is 1260. The summed E-state index contributed by atoms with van der Waals surface area (Å²) in [6, 6.07) is 13.4. The molecule has 2 aromatic carbocycles. The number of imidazole rings is 1. The maximum atomic E-state index is 13.3. The van der Waals surface area contributed by atoms with Gasteiger partial charge in [0.2, 0.25) is 0 Å². The van der Waals surface area contributed by atoms with Crippen LogP contribution >= 0.6 is 11.6 Å². The van der Waals surface area contributed by atoms with Gasteiger partial charge in [0, 0.05) is 11.3 Å². The van der Waals surface area contributed by atoms with E-state index in [1.807, 2.05) is 6.92 Å². The summed E-state index contributed by atoms with van der Waals surface area (Å²) in [6.07, 6.45) is -3.12. The summed E-state index contributed by atoms with van der Waals surface area (Å²) in [4.78, 5) is 19.3. The number of alkyl halides is 3. The Labute approximate surface area is 185 Å². The molecule has 164 valence electrons. The second kappa shape index (κ2) is 8.51. The van der Waals surface area contributed by atoms with Crippen LogP contribution in [0.5, 0.6) is 0 Å². The lowest BCUT2D eigenvalue weighted by molar-refractivity contribution is -0.141. The third kappa shape index (κ3) is 4.38. The largest absolute Gasteiger partial charge is 0.456 e. The van der Waals surface area contributed by atoms with Crippen molar-refractivity contribution < 1.29 is 22.7 Å². The highest BCUT2D eigenvalue weighted by atomic mass is 35.5. The molecule has 2 aromatic heterocycles. The van der Waals surface area contributed by atoms with Crippen LogP contribution in [0.1, 0.15) is 27.4 Å². The van der Waals surface area contributed by atoms with Crippen LogP contribution in [-0.4, -0.2) is 25.7 Å². The number of nitrogens with one attached hydrogen (secondary N) is 1. The van der Waals surface area contributed by atoms with Gasteiger partial charge in [-0.1, -0.05) is 35.9 Å². The fourth-order valence-corrected chi connectivity index (χ4v) is 3.28. The lowest BCUT2D eigenvalue weighted by Crippen LogP contribution is -2.07. The summed E-state index contributed by atoms with van der Waals surface area (Å²) >= 11 is 6.19. The summed E-state index contributed by atoms with van der Waals surface area (Å²) in [7, 11) is 0. The third-order valence-corrected chi connectivity index (χ3v) is 5.09. The highest BCUT2D eigenvalue weighted by Gasteiger charge is 2.35. The van der Waals surface area contributed by atoms with Gasteiger partial charge in [-0.05, 0) is 37.3 Å². The molecule has 6 nitrogen and oxygen atoms in total. The molecule has 0 radical (unpaired) electrons. The van der Waals surface area contributed by atoms with Crippen LogP contribution in [-0.2, 0) is 17.5 Å². The molecular formula is C22H16ClF3N4O2. The summed E-state index contributed by atoms with van der Waals surface area (Å²) in [6.45, 7) is 1.81. The standard InChI is InChI=1S/C22H16ClF3N4O2/c1-13-17(28-12-27-13)11-32-21(31)15-8-6-14(7-9-15)19-10-20(22(24,25)26)29-30(19)18-5-3-2-4-16(18)23/h2-10,12H,11H2,1H3,(H,27,28). The molecule has 0 fully saturated rings. The van der Waals surface area contributed by atoms with Gasteiger partial charge in [-0.2, -0.15) is 18.3 Å². The minimum atomic E-state index is -4.63. The van der Waals surface area contributed by atoms with Gasteiger partial charge in [0.15, 0.2) is 5.69 Å². The first-order chi connectivity index (χ1) is 15.2. The maximum Gasteiger partial charge on any atom is 0.435 e. The van der Waals surface area contributed by atoms with Gasteiger partial charge in [-0.3, -0.25) is 0 Å². The van der Waals surface area contributed by atoms with Crippen molar-refractivity contribution in [3.8, 4) is 16.9 Å². The first-order valence-corrected chi connectivity index (χ1v) is 9.80. The Balaban J connectivity index is 1.63. The minimum Gasteiger partial charge on any atom is -0.456 e. The molecule has 0 spiro atoms. The lowest BCUT2D eigenvalue weighted by atomic mass is 10.1. The summed E-state index contributed by atoms with van der Waals surface area (Å²) in [5, 5.41) is 3.97. The molecule has 4 rings (SSSR count). The molecule has 1 N–H and O–H groups in total. The summed E-state index contributed by atoms with van der Waals surface area (Å²) in [5.74, 6) is -0.574. The normalized spacial score (nSPS) is 11.5. The SMILES string of the molecule is Cc1[nH]cnc1COC(=O)c1ccc(-c2cc(C(F)(F)F)nn2-c2ccccc2Cl)cc1. The maximum absolute atomic E-state index is 13.3.